The minimum atomic E-state index is -0.145. The maximum atomic E-state index is 13.3. The quantitative estimate of drug-likeness (QED) is 0.679. The Bertz CT molecular complexity index is 810. The van der Waals surface area contributed by atoms with Crippen molar-refractivity contribution in [2.75, 3.05) is 13.1 Å². The molecule has 0 saturated carbocycles. The van der Waals surface area contributed by atoms with Gasteiger partial charge >= 0.3 is 0 Å². The minimum absolute atomic E-state index is 0.145. The van der Waals surface area contributed by atoms with Gasteiger partial charge in [-0.1, -0.05) is 23.4 Å². The van der Waals surface area contributed by atoms with Gasteiger partial charge in [-0.3, -0.25) is 4.90 Å². The van der Waals surface area contributed by atoms with Crippen LogP contribution in [0.15, 0.2) is 46.3 Å². The molecule has 0 spiro atoms. The van der Waals surface area contributed by atoms with Crippen LogP contribution in [0.3, 0.4) is 0 Å². The Kier molecular flexibility index (Phi) is 4.90. The Hall–Kier alpha value is -2.05. The third-order valence-corrected chi connectivity index (χ3v) is 5.55. The van der Waals surface area contributed by atoms with Crippen LogP contribution in [0.4, 0.5) is 4.39 Å². The van der Waals surface area contributed by atoms with Crippen LogP contribution >= 0.6 is 11.3 Å². The molecule has 0 bridgehead atoms. The molecule has 0 atom stereocenters. The van der Waals surface area contributed by atoms with Crippen LogP contribution in [0.25, 0.3) is 10.7 Å². The van der Waals surface area contributed by atoms with Crippen LogP contribution in [0.2, 0.25) is 0 Å². The highest BCUT2D eigenvalue weighted by atomic mass is 32.1. The zero-order valence-corrected chi connectivity index (χ0v) is 14.7. The van der Waals surface area contributed by atoms with Crippen molar-refractivity contribution in [2.24, 2.45) is 5.92 Å². The Morgan fingerprint density at radius 2 is 2.08 bits per heavy atom. The molecule has 1 aliphatic heterocycles. The summed E-state index contributed by atoms with van der Waals surface area (Å²) in [6.45, 7) is 2.72. The Balaban J connectivity index is 1.29. The normalized spacial score (nSPS) is 16.4. The number of thiophene rings is 1. The maximum Gasteiger partial charge on any atom is 0.241 e. The molecule has 3 aromatic rings. The Morgan fingerprint density at radius 3 is 2.84 bits per heavy atom. The molecular weight excluding hydrogens is 337 g/mol. The summed E-state index contributed by atoms with van der Waals surface area (Å²) < 4.78 is 18.7. The van der Waals surface area contributed by atoms with Gasteiger partial charge in [-0.25, -0.2) is 4.39 Å². The molecule has 1 saturated heterocycles. The summed E-state index contributed by atoms with van der Waals surface area (Å²) in [4.78, 5) is 7.88. The van der Waals surface area contributed by atoms with Crippen molar-refractivity contribution in [3.8, 4) is 10.7 Å². The van der Waals surface area contributed by atoms with Crippen molar-refractivity contribution in [3.63, 3.8) is 0 Å². The van der Waals surface area contributed by atoms with E-state index in [0.29, 0.717) is 24.2 Å². The standard InChI is InChI=1S/C19H20FN3OS/c20-16-4-1-3-15(12-16)11-14-6-8-23(9-7-14)13-18-21-19(22-24-18)17-5-2-10-25-17/h1-5,10,12,14H,6-9,11,13H2. The zero-order valence-electron chi connectivity index (χ0n) is 13.9. The van der Waals surface area contributed by atoms with Crippen LogP contribution in [-0.4, -0.2) is 28.1 Å². The number of rotatable bonds is 5. The average molecular weight is 357 g/mol. The summed E-state index contributed by atoms with van der Waals surface area (Å²) >= 11 is 1.61. The van der Waals surface area contributed by atoms with E-state index in [1.165, 1.54) is 6.07 Å². The lowest BCUT2D eigenvalue weighted by atomic mass is 9.90. The predicted molar refractivity (Wildman–Crippen MR) is 95.7 cm³/mol. The molecule has 1 aliphatic rings. The van der Waals surface area contributed by atoms with E-state index in [0.717, 1.165) is 42.8 Å². The summed E-state index contributed by atoms with van der Waals surface area (Å²) in [5, 5.41) is 6.07. The van der Waals surface area contributed by atoms with E-state index in [-0.39, 0.29) is 5.82 Å². The number of halogens is 1. The highest BCUT2D eigenvalue weighted by Gasteiger charge is 2.21. The van der Waals surface area contributed by atoms with Crippen molar-refractivity contribution in [2.45, 2.75) is 25.8 Å². The Labute approximate surface area is 150 Å². The smallest absolute Gasteiger partial charge is 0.241 e. The lowest BCUT2D eigenvalue weighted by molar-refractivity contribution is 0.159. The van der Waals surface area contributed by atoms with Gasteiger partial charge in [0, 0.05) is 0 Å². The van der Waals surface area contributed by atoms with Crippen LogP contribution in [0, 0.1) is 11.7 Å². The summed E-state index contributed by atoms with van der Waals surface area (Å²) in [6, 6.07) is 10.9. The molecule has 2 aromatic heterocycles. The zero-order chi connectivity index (χ0) is 17.1. The molecule has 25 heavy (non-hydrogen) atoms. The molecule has 130 valence electrons. The fourth-order valence-electron chi connectivity index (χ4n) is 3.36. The van der Waals surface area contributed by atoms with Crippen LogP contribution < -0.4 is 0 Å². The summed E-state index contributed by atoms with van der Waals surface area (Å²) in [6.07, 6.45) is 3.18. The summed E-state index contributed by atoms with van der Waals surface area (Å²) in [5.41, 5.74) is 1.09. The molecule has 1 aromatic carbocycles. The first-order chi connectivity index (χ1) is 12.3. The number of likely N-dealkylation sites (tertiary alicyclic amines) is 1. The lowest BCUT2D eigenvalue weighted by Crippen LogP contribution is -2.34. The van der Waals surface area contributed by atoms with Crippen molar-refractivity contribution in [1.82, 2.24) is 15.0 Å². The molecule has 0 N–H and O–H groups in total. The molecule has 4 nitrogen and oxygen atoms in total. The van der Waals surface area contributed by atoms with Crippen molar-refractivity contribution in [3.05, 3.63) is 59.0 Å². The third kappa shape index (κ3) is 4.14. The van der Waals surface area contributed by atoms with Gasteiger partial charge in [-0.2, -0.15) is 4.98 Å². The van der Waals surface area contributed by atoms with Gasteiger partial charge in [0.25, 0.3) is 0 Å². The van der Waals surface area contributed by atoms with Gasteiger partial charge < -0.3 is 4.52 Å². The summed E-state index contributed by atoms with van der Waals surface area (Å²) in [5.74, 6) is 1.81. The molecule has 3 heterocycles. The van der Waals surface area contributed by atoms with Crippen molar-refractivity contribution >= 4 is 11.3 Å². The van der Waals surface area contributed by atoms with Gasteiger partial charge in [0.2, 0.25) is 11.7 Å². The maximum absolute atomic E-state index is 13.3. The number of aromatic nitrogens is 2. The van der Waals surface area contributed by atoms with Crippen molar-refractivity contribution < 1.29 is 8.91 Å². The lowest BCUT2D eigenvalue weighted by Gasteiger charge is -2.31. The largest absolute Gasteiger partial charge is 0.338 e. The second kappa shape index (κ2) is 7.45. The first kappa shape index (κ1) is 16.4. The number of hydrogen-bond acceptors (Lipinski definition) is 5. The number of nitrogens with zero attached hydrogens (tertiary/aromatic N) is 3. The first-order valence-electron chi connectivity index (χ1n) is 8.59. The Morgan fingerprint density at radius 1 is 1.20 bits per heavy atom. The molecule has 0 aliphatic carbocycles. The first-order valence-corrected chi connectivity index (χ1v) is 9.47. The highest BCUT2D eigenvalue weighted by molar-refractivity contribution is 7.13. The monoisotopic (exact) mass is 357 g/mol. The fourth-order valence-corrected chi connectivity index (χ4v) is 4.01. The van der Waals surface area contributed by atoms with Gasteiger partial charge in [-0.15, -0.1) is 11.3 Å². The van der Waals surface area contributed by atoms with E-state index in [1.54, 1.807) is 23.5 Å². The molecule has 0 amide bonds. The van der Waals surface area contributed by atoms with Gasteiger partial charge in [0.15, 0.2) is 0 Å². The molecule has 6 heteroatoms. The SMILES string of the molecule is Fc1cccc(CC2CCN(Cc3nc(-c4cccs4)no3)CC2)c1. The molecule has 0 radical (unpaired) electrons. The van der Waals surface area contributed by atoms with E-state index in [2.05, 4.69) is 15.0 Å². The topological polar surface area (TPSA) is 42.2 Å². The van der Waals surface area contributed by atoms with Gasteiger partial charge in [-0.05, 0) is 67.4 Å². The number of benzene rings is 1. The van der Waals surface area contributed by atoms with E-state index in [1.807, 2.05) is 23.6 Å². The molecule has 1 fully saturated rings. The minimum Gasteiger partial charge on any atom is -0.338 e. The average Bonchev–Trinajstić information content (AvgIpc) is 3.28. The van der Waals surface area contributed by atoms with E-state index in [9.17, 15) is 4.39 Å². The van der Waals surface area contributed by atoms with E-state index >= 15 is 0 Å². The summed E-state index contributed by atoms with van der Waals surface area (Å²) in [7, 11) is 0. The fraction of sp³-hybridized carbons (Fsp3) is 0.368. The van der Waals surface area contributed by atoms with Gasteiger partial charge in [0.1, 0.15) is 5.82 Å². The van der Waals surface area contributed by atoms with E-state index < -0.39 is 0 Å². The third-order valence-electron chi connectivity index (χ3n) is 4.69. The van der Waals surface area contributed by atoms with Crippen LogP contribution in [0.5, 0.6) is 0 Å². The van der Waals surface area contributed by atoms with E-state index in [4.69, 9.17) is 4.52 Å². The molecule has 0 unspecified atom stereocenters. The predicted octanol–water partition coefficient (Wildman–Crippen LogP) is 4.39. The number of hydrogen-bond donors (Lipinski definition) is 0. The molecule has 4 rings (SSSR count). The van der Waals surface area contributed by atoms with Crippen LogP contribution in [0.1, 0.15) is 24.3 Å². The van der Waals surface area contributed by atoms with Crippen molar-refractivity contribution in [1.29, 1.82) is 0 Å². The highest BCUT2D eigenvalue weighted by Crippen LogP contribution is 2.24. The second-order valence-electron chi connectivity index (χ2n) is 6.54. The number of piperidine rings is 1. The second-order valence-corrected chi connectivity index (χ2v) is 7.49. The van der Waals surface area contributed by atoms with Gasteiger partial charge in [0.05, 0.1) is 11.4 Å². The van der Waals surface area contributed by atoms with Crippen LogP contribution in [-0.2, 0) is 13.0 Å². The molecular formula is C19H20FN3OS.